The highest BCUT2D eigenvalue weighted by molar-refractivity contribution is 6.25. The molecule has 1 N–H and O–H groups in total. The third-order valence-corrected chi connectivity index (χ3v) is 3.40. The first-order valence-corrected chi connectivity index (χ1v) is 5.29. The molecule has 1 saturated heterocycles. The van der Waals surface area contributed by atoms with E-state index in [0.717, 1.165) is 0 Å². The molecule has 82 valence electrons. The topological polar surface area (TPSA) is 57.6 Å². The predicted octanol–water partition coefficient (Wildman–Crippen LogP) is 0.414. The van der Waals surface area contributed by atoms with Crippen molar-refractivity contribution in [2.24, 2.45) is 17.8 Å². The highest BCUT2D eigenvalue weighted by Gasteiger charge is 2.67. The Balaban J connectivity index is 1.91. The van der Waals surface area contributed by atoms with Gasteiger partial charge >= 0.3 is 0 Å². The summed E-state index contributed by atoms with van der Waals surface area (Å²) in [5.41, 5.74) is 0.626. The first-order valence-electron chi connectivity index (χ1n) is 5.29. The van der Waals surface area contributed by atoms with E-state index in [2.05, 4.69) is 0 Å². The van der Waals surface area contributed by atoms with Crippen LogP contribution in [0.3, 0.4) is 0 Å². The number of carbonyl (C=O) groups excluding carboxylic acids is 2. The van der Waals surface area contributed by atoms with E-state index in [0.29, 0.717) is 5.69 Å². The second-order valence-electron chi connectivity index (χ2n) is 4.25. The monoisotopic (exact) mass is 217 g/mol. The van der Waals surface area contributed by atoms with Crippen molar-refractivity contribution in [1.82, 2.24) is 0 Å². The summed E-state index contributed by atoms with van der Waals surface area (Å²) >= 11 is 0. The molecule has 1 heterocycles. The van der Waals surface area contributed by atoms with Crippen molar-refractivity contribution in [3.63, 3.8) is 0 Å². The van der Waals surface area contributed by atoms with Crippen molar-refractivity contribution in [2.45, 2.75) is 0 Å². The molecule has 0 spiro atoms. The molecule has 4 heteroatoms. The first-order chi connectivity index (χ1) is 7.75. The molecule has 16 heavy (non-hydrogen) atoms. The van der Waals surface area contributed by atoms with Gasteiger partial charge in [0.05, 0.1) is 17.5 Å². The van der Waals surface area contributed by atoms with Gasteiger partial charge in [-0.3, -0.25) is 14.5 Å². The number of imide groups is 1. The standard InChI is InChI=1S/C12H11NO3/c14-6-8-9-10(8)12(16)13(11(9)15)7-4-2-1-3-5-7/h1-5,8-10,14H,6H2. The fourth-order valence-corrected chi connectivity index (χ4v) is 2.51. The van der Waals surface area contributed by atoms with Gasteiger partial charge in [-0.05, 0) is 12.1 Å². The highest BCUT2D eigenvalue weighted by atomic mass is 16.3. The quantitative estimate of drug-likeness (QED) is 0.730. The smallest absolute Gasteiger partial charge is 0.238 e. The summed E-state index contributed by atoms with van der Waals surface area (Å²) in [5.74, 6) is -1.03. The van der Waals surface area contributed by atoms with Crippen LogP contribution in [-0.2, 0) is 9.59 Å². The zero-order chi connectivity index (χ0) is 11.3. The number of fused-ring (bicyclic) bond motifs is 1. The Morgan fingerprint density at radius 1 is 1.06 bits per heavy atom. The number of rotatable bonds is 2. The minimum Gasteiger partial charge on any atom is -0.396 e. The zero-order valence-electron chi connectivity index (χ0n) is 8.54. The largest absolute Gasteiger partial charge is 0.396 e. The van der Waals surface area contributed by atoms with E-state index in [1.807, 2.05) is 6.07 Å². The van der Waals surface area contributed by atoms with Crippen LogP contribution in [0.2, 0.25) is 0 Å². The van der Waals surface area contributed by atoms with E-state index in [4.69, 9.17) is 5.11 Å². The Morgan fingerprint density at radius 2 is 1.62 bits per heavy atom. The third kappa shape index (κ3) is 1.08. The molecule has 2 aliphatic rings. The van der Waals surface area contributed by atoms with E-state index >= 15 is 0 Å². The highest BCUT2D eigenvalue weighted by Crippen LogP contribution is 2.53. The molecule has 1 aliphatic carbocycles. The van der Waals surface area contributed by atoms with Crippen LogP contribution in [0.4, 0.5) is 5.69 Å². The minimum absolute atomic E-state index is 0.0740. The van der Waals surface area contributed by atoms with Gasteiger partial charge in [0.15, 0.2) is 0 Å². The van der Waals surface area contributed by atoms with Crippen LogP contribution in [-0.4, -0.2) is 23.5 Å². The number of benzene rings is 1. The van der Waals surface area contributed by atoms with Crippen molar-refractivity contribution in [2.75, 3.05) is 11.5 Å². The predicted molar refractivity (Wildman–Crippen MR) is 56.5 cm³/mol. The summed E-state index contributed by atoms with van der Waals surface area (Å²) in [6, 6.07) is 8.92. The summed E-state index contributed by atoms with van der Waals surface area (Å²) < 4.78 is 0. The van der Waals surface area contributed by atoms with Gasteiger partial charge in [0.2, 0.25) is 11.8 Å². The van der Waals surface area contributed by atoms with Crippen molar-refractivity contribution >= 4 is 17.5 Å². The van der Waals surface area contributed by atoms with E-state index in [-0.39, 0.29) is 36.2 Å². The number of anilines is 1. The number of para-hydroxylation sites is 1. The van der Waals surface area contributed by atoms with Crippen LogP contribution >= 0.6 is 0 Å². The molecule has 1 aliphatic heterocycles. The van der Waals surface area contributed by atoms with Crippen molar-refractivity contribution < 1.29 is 14.7 Å². The number of carbonyl (C=O) groups is 2. The average molecular weight is 217 g/mol. The molecule has 2 atom stereocenters. The molecule has 0 bridgehead atoms. The van der Waals surface area contributed by atoms with Crippen LogP contribution in [0.25, 0.3) is 0 Å². The Kier molecular flexibility index (Phi) is 1.88. The Hall–Kier alpha value is -1.68. The molecule has 2 amide bonds. The van der Waals surface area contributed by atoms with Gasteiger partial charge in [-0.25, -0.2) is 0 Å². The van der Waals surface area contributed by atoms with Crippen molar-refractivity contribution in [1.29, 1.82) is 0 Å². The molecule has 0 aromatic heterocycles. The summed E-state index contributed by atoms with van der Waals surface area (Å²) in [4.78, 5) is 25.1. The van der Waals surface area contributed by atoms with Gasteiger partial charge < -0.3 is 5.11 Å². The molecule has 1 saturated carbocycles. The minimum atomic E-state index is -0.280. The van der Waals surface area contributed by atoms with Crippen LogP contribution in [0.5, 0.6) is 0 Å². The van der Waals surface area contributed by atoms with Gasteiger partial charge in [-0.2, -0.15) is 0 Å². The number of hydrogen-bond donors (Lipinski definition) is 1. The van der Waals surface area contributed by atoms with Gasteiger partial charge in [-0.15, -0.1) is 0 Å². The van der Waals surface area contributed by atoms with Crippen LogP contribution < -0.4 is 4.90 Å². The molecule has 4 nitrogen and oxygen atoms in total. The summed E-state index contributed by atoms with van der Waals surface area (Å²) in [6.45, 7) is -0.0740. The van der Waals surface area contributed by atoms with E-state index in [1.54, 1.807) is 24.3 Å². The number of amides is 2. The van der Waals surface area contributed by atoms with Gasteiger partial charge in [-0.1, -0.05) is 18.2 Å². The number of aliphatic hydroxyl groups excluding tert-OH is 1. The summed E-state index contributed by atoms with van der Waals surface area (Å²) in [5, 5.41) is 8.98. The van der Waals surface area contributed by atoms with E-state index in [1.165, 1.54) is 4.90 Å². The van der Waals surface area contributed by atoms with E-state index < -0.39 is 0 Å². The Bertz CT molecular complexity index is 435. The first kappa shape index (κ1) is 9.54. The van der Waals surface area contributed by atoms with Crippen molar-refractivity contribution in [3.8, 4) is 0 Å². The lowest BCUT2D eigenvalue weighted by Gasteiger charge is -2.17. The normalized spacial score (nSPS) is 31.8. The Labute approximate surface area is 92.5 Å². The number of nitrogens with zero attached hydrogens (tertiary/aromatic N) is 1. The van der Waals surface area contributed by atoms with Gasteiger partial charge in [0.1, 0.15) is 0 Å². The Morgan fingerprint density at radius 3 is 2.12 bits per heavy atom. The van der Waals surface area contributed by atoms with Crippen LogP contribution in [0.15, 0.2) is 30.3 Å². The second-order valence-corrected chi connectivity index (χ2v) is 4.25. The maximum Gasteiger partial charge on any atom is 0.238 e. The maximum atomic E-state index is 11.9. The summed E-state index contributed by atoms with van der Waals surface area (Å²) in [6.07, 6.45) is 0. The molecular formula is C12H11NO3. The molecule has 1 aromatic rings. The molecule has 2 fully saturated rings. The molecular weight excluding hydrogens is 206 g/mol. The lowest BCUT2D eigenvalue weighted by atomic mass is 10.2. The fourth-order valence-electron chi connectivity index (χ4n) is 2.51. The fraction of sp³-hybridized carbons (Fsp3) is 0.333. The lowest BCUT2D eigenvalue weighted by molar-refractivity contribution is -0.124. The zero-order valence-corrected chi connectivity index (χ0v) is 8.54. The number of aliphatic hydroxyl groups is 1. The number of hydrogen-bond acceptors (Lipinski definition) is 3. The SMILES string of the molecule is O=C1C2C(CO)C2C(=O)N1c1ccccc1. The third-order valence-electron chi connectivity index (χ3n) is 3.40. The van der Waals surface area contributed by atoms with Crippen LogP contribution in [0.1, 0.15) is 0 Å². The lowest BCUT2D eigenvalue weighted by Crippen LogP contribution is -2.34. The molecule has 1 aromatic carbocycles. The van der Waals surface area contributed by atoms with E-state index in [9.17, 15) is 9.59 Å². The maximum absolute atomic E-state index is 11.9. The number of piperidine rings is 1. The molecule has 0 radical (unpaired) electrons. The van der Waals surface area contributed by atoms with Gasteiger partial charge in [0.25, 0.3) is 0 Å². The second kappa shape index (κ2) is 3.15. The van der Waals surface area contributed by atoms with Crippen molar-refractivity contribution in [3.05, 3.63) is 30.3 Å². The molecule has 2 unspecified atom stereocenters. The van der Waals surface area contributed by atoms with Crippen LogP contribution in [0, 0.1) is 17.8 Å². The average Bonchev–Trinajstić information content (AvgIpc) is 2.98. The molecule has 3 rings (SSSR count). The van der Waals surface area contributed by atoms with Gasteiger partial charge in [0, 0.05) is 12.5 Å². The summed E-state index contributed by atoms with van der Waals surface area (Å²) in [7, 11) is 0.